The lowest BCUT2D eigenvalue weighted by atomic mass is 10.1. The second kappa shape index (κ2) is 9.46. The molecule has 1 heterocycles. The first kappa shape index (κ1) is 20.1. The smallest absolute Gasteiger partial charge is 0.309 e. The summed E-state index contributed by atoms with van der Waals surface area (Å²) in [6.07, 6.45) is 1.97. The Hall–Kier alpha value is -2.23. The molecular formula is C17H23N3O5S. The lowest BCUT2D eigenvalue weighted by Gasteiger charge is -2.26. The van der Waals surface area contributed by atoms with Gasteiger partial charge >= 0.3 is 11.8 Å². The highest BCUT2D eigenvalue weighted by Crippen LogP contribution is 2.17. The van der Waals surface area contributed by atoms with E-state index in [4.69, 9.17) is 4.74 Å². The third-order valence-electron chi connectivity index (χ3n) is 3.84. The fourth-order valence-corrected chi connectivity index (χ4v) is 3.82. The average molecular weight is 381 g/mol. The number of hydrogen-bond acceptors (Lipinski definition) is 5. The molecule has 9 heteroatoms. The van der Waals surface area contributed by atoms with Crippen LogP contribution in [-0.4, -0.2) is 63.9 Å². The van der Waals surface area contributed by atoms with Gasteiger partial charge in [0.15, 0.2) is 0 Å². The molecule has 0 aliphatic carbocycles. The first-order valence-electron chi connectivity index (χ1n) is 8.29. The summed E-state index contributed by atoms with van der Waals surface area (Å²) in [5, 5.41) is 4.90. The SMILES string of the molecule is C=CCNC(=O)C(=O)NCCc1ccc(S(=O)(=O)N2CCOCC2)cc1. The minimum absolute atomic E-state index is 0.228. The van der Waals surface area contributed by atoms with Gasteiger partial charge in [-0.1, -0.05) is 18.2 Å². The van der Waals surface area contributed by atoms with E-state index in [0.29, 0.717) is 32.7 Å². The molecule has 0 saturated carbocycles. The molecule has 2 N–H and O–H groups in total. The zero-order chi connectivity index (χ0) is 19.0. The van der Waals surface area contributed by atoms with Crippen LogP contribution in [0.5, 0.6) is 0 Å². The number of nitrogens with one attached hydrogen (secondary N) is 2. The van der Waals surface area contributed by atoms with Gasteiger partial charge in [-0.05, 0) is 24.1 Å². The minimum atomic E-state index is -3.51. The Morgan fingerprint density at radius 2 is 1.73 bits per heavy atom. The first-order chi connectivity index (χ1) is 12.4. The largest absolute Gasteiger partial charge is 0.379 e. The van der Waals surface area contributed by atoms with Crippen molar-refractivity contribution in [3.8, 4) is 0 Å². The van der Waals surface area contributed by atoms with Crippen LogP contribution in [0.4, 0.5) is 0 Å². The van der Waals surface area contributed by atoms with Gasteiger partial charge < -0.3 is 15.4 Å². The van der Waals surface area contributed by atoms with Gasteiger partial charge in [-0.2, -0.15) is 4.31 Å². The number of ether oxygens (including phenoxy) is 1. The summed E-state index contributed by atoms with van der Waals surface area (Å²) in [6, 6.07) is 6.52. The van der Waals surface area contributed by atoms with Gasteiger partial charge in [0.2, 0.25) is 10.0 Å². The highest BCUT2D eigenvalue weighted by molar-refractivity contribution is 7.89. The molecule has 1 aromatic rings. The van der Waals surface area contributed by atoms with Crippen LogP contribution in [0.25, 0.3) is 0 Å². The van der Waals surface area contributed by atoms with Gasteiger partial charge in [-0.15, -0.1) is 6.58 Å². The Morgan fingerprint density at radius 1 is 1.12 bits per heavy atom. The van der Waals surface area contributed by atoms with Gasteiger partial charge in [0.25, 0.3) is 0 Å². The molecule has 0 aromatic heterocycles. The Morgan fingerprint density at radius 3 is 2.35 bits per heavy atom. The zero-order valence-corrected chi connectivity index (χ0v) is 15.3. The summed E-state index contributed by atoms with van der Waals surface area (Å²) in [7, 11) is -3.51. The Balaban J connectivity index is 1.86. The molecular weight excluding hydrogens is 358 g/mol. The summed E-state index contributed by atoms with van der Waals surface area (Å²) in [4.78, 5) is 23.2. The van der Waals surface area contributed by atoms with Gasteiger partial charge in [-0.25, -0.2) is 8.42 Å². The Bertz CT molecular complexity index is 740. The molecule has 0 spiro atoms. The molecule has 0 radical (unpaired) electrons. The topological polar surface area (TPSA) is 105 Å². The second-order valence-electron chi connectivity index (χ2n) is 5.67. The standard InChI is InChI=1S/C17H23N3O5S/c1-2-8-18-16(21)17(22)19-9-7-14-3-5-15(6-4-14)26(23,24)20-10-12-25-13-11-20/h2-6H,1,7-13H2,(H,18,21)(H,19,22). The maximum absolute atomic E-state index is 12.5. The maximum Gasteiger partial charge on any atom is 0.309 e. The number of carbonyl (C=O) groups is 2. The molecule has 142 valence electrons. The van der Waals surface area contributed by atoms with Crippen molar-refractivity contribution in [1.29, 1.82) is 0 Å². The van der Waals surface area contributed by atoms with Crippen molar-refractivity contribution < 1.29 is 22.7 Å². The van der Waals surface area contributed by atoms with E-state index in [1.54, 1.807) is 24.3 Å². The number of sulfonamides is 1. The lowest BCUT2D eigenvalue weighted by Crippen LogP contribution is -2.40. The summed E-state index contributed by atoms with van der Waals surface area (Å²) < 4.78 is 31.6. The van der Waals surface area contributed by atoms with Crippen molar-refractivity contribution in [2.75, 3.05) is 39.4 Å². The van der Waals surface area contributed by atoms with Crippen LogP contribution in [0.15, 0.2) is 41.8 Å². The molecule has 1 aliphatic rings. The number of carbonyl (C=O) groups excluding carboxylic acids is 2. The van der Waals surface area contributed by atoms with Crippen molar-refractivity contribution in [1.82, 2.24) is 14.9 Å². The van der Waals surface area contributed by atoms with Gasteiger partial charge in [0, 0.05) is 26.2 Å². The lowest BCUT2D eigenvalue weighted by molar-refractivity contribution is -0.139. The molecule has 0 atom stereocenters. The van der Waals surface area contributed by atoms with E-state index in [1.807, 2.05) is 0 Å². The molecule has 26 heavy (non-hydrogen) atoms. The maximum atomic E-state index is 12.5. The van der Waals surface area contributed by atoms with Gasteiger partial charge in [0.1, 0.15) is 0 Å². The summed E-state index contributed by atoms with van der Waals surface area (Å²) in [5.41, 5.74) is 0.859. The van der Waals surface area contributed by atoms with Crippen LogP contribution in [0, 0.1) is 0 Å². The summed E-state index contributed by atoms with van der Waals surface area (Å²) in [5.74, 6) is -1.42. The molecule has 2 amide bonds. The molecule has 1 aliphatic heterocycles. The fraction of sp³-hybridized carbons (Fsp3) is 0.412. The predicted molar refractivity (Wildman–Crippen MR) is 95.9 cm³/mol. The van der Waals surface area contributed by atoms with E-state index >= 15 is 0 Å². The van der Waals surface area contributed by atoms with Crippen LogP contribution in [0.2, 0.25) is 0 Å². The average Bonchev–Trinajstić information content (AvgIpc) is 2.67. The Labute approximate surface area is 153 Å². The van der Waals surface area contributed by atoms with Crippen LogP contribution in [0.1, 0.15) is 5.56 Å². The number of rotatable bonds is 7. The van der Waals surface area contributed by atoms with Crippen LogP contribution < -0.4 is 10.6 Å². The van der Waals surface area contributed by atoms with E-state index in [2.05, 4.69) is 17.2 Å². The molecule has 0 unspecified atom stereocenters. The third-order valence-corrected chi connectivity index (χ3v) is 5.76. The van der Waals surface area contributed by atoms with E-state index in [1.165, 1.54) is 10.4 Å². The first-order valence-corrected chi connectivity index (χ1v) is 9.73. The van der Waals surface area contributed by atoms with E-state index in [9.17, 15) is 18.0 Å². The normalized spacial score (nSPS) is 15.2. The highest BCUT2D eigenvalue weighted by atomic mass is 32.2. The summed E-state index contributed by atoms with van der Waals surface area (Å²) >= 11 is 0. The van der Waals surface area contributed by atoms with Gasteiger partial charge in [0.05, 0.1) is 18.1 Å². The fourth-order valence-electron chi connectivity index (χ4n) is 2.41. The number of morpholine rings is 1. The molecule has 8 nitrogen and oxygen atoms in total. The van der Waals surface area contributed by atoms with Crippen molar-refractivity contribution in [2.24, 2.45) is 0 Å². The van der Waals surface area contributed by atoms with Crippen molar-refractivity contribution in [3.63, 3.8) is 0 Å². The quantitative estimate of drug-likeness (QED) is 0.497. The number of benzene rings is 1. The Kier molecular flexibility index (Phi) is 7.31. The highest BCUT2D eigenvalue weighted by Gasteiger charge is 2.26. The molecule has 0 bridgehead atoms. The number of nitrogens with zero attached hydrogens (tertiary/aromatic N) is 1. The predicted octanol–water partition coefficient (Wildman–Crippen LogP) is -0.332. The van der Waals surface area contributed by atoms with Crippen molar-refractivity contribution >= 4 is 21.8 Å². The summed E-state index contributed by atoms with van der Waals surface area (Å²) in [6.45, 7) is 5.45. The van der Waals surface area contributed by atoms with Gasteiger partial charge in [-0.3, -0.25) is 9.59 Å². The van der Waals surface area contributed by atoms with Crippen LogP contribution >= 0.6 is 0 Å². The molecule has 1 saturated heterocycles. The van der Waals surface area contributed by atoms with E-state index in [0.717, 1.165) is 5.56 Å². The van der Waals surface area contributed by atoms with Crippen LogP contribution in [-0.2, 0) is 30.8 Å². The molecule has 1 aromatic carbocycles. The van der Waals surface area contributed by atoms with Crippen molar-refractivity contribution in [2.45, 2.75) is 11.3 Å². The zero-order valence-electron chi connectivity index (χ0n) is 14.4. The van der Waals surface area contributed by atoms with Crippen LogP contribution in [0.3, 0.4) is 0 Å². The number of amides is 2. The molecule has 2 rings (SSSR count). The third kappa shape index (κ3) is 5.38. The van der Waals surface area contributed by atoms with E-state index in [-0.39, 0.29) is 18.0 Å². The van der Waals surface area contributed by atoms with E-state index < -0.39 is 21.8 Å². The minimum Gasteiger partial charge on any atom is -0.379 e. The number of hydrogen-bond donors (Lipinski definition) is 2. The molecule has 1 fully saturated rings. The van der Waals surface area contributed by atoms with Crippen molar-refractivity contribution in [3.05, 3.63) is 42.5 Å². The monoisotopic (exact) mass is 381 g/mol. The second-order valence-corrected chi connectivity index (χ2v) is 7.60.